The highest BCUT2D eigenvalue weighted by Gasteiger charge is 2.46. The molecule has 2 heteroatoms. The van der Waals surface area contributed by atoms with Crippen molar-refractivity contribution in [3.05, 3.63) is 294 Å². The first-order chi connectivity index (χ1) is 34.2. The number of hydrogen-bond acceptors (Lipinski definition) is 2. The van der Waals surface area contributed by atoms with Crippen molar-refractivity contribution in [3.8, 4) is 33.4 Å². The molecule has 0 amide bonds. The van der Waals surface area contributed by atoms with Crippen molar-refractivity contribution in [3.63, 3.8) is 0 Å². The highest BCUT2D eigenvalue weighted by molar-refractivity contribution is 6.09. The third-order valence-electron chi connectivity index (χ3n) is 14.9. The van der Waals surface area contributed by atoms with E-state index in [4.69, 9.17) is 4.42 Å². The molecule has 69 heavy (non-hydrogen) atoms. The number of nitrogens with zero attached hydrogens (tertiary/aromatic N) is 1. The van der Waals surface area contributed by atoms with Crippen LogP contribution in [0.4, 0.5) is 5.69 Å². The van der Waals surface area contributed by atoms with Crippen molar-refractivity contribution in [2.24, 2.45) is 0 Å². The summed E-state index contributed by atoms with van der Waals surface area (Å²) < 4.78 is 6.47. The molecule has 10 aromatic rings. The summed E-state index contributed by atoms with van der Waals surface area (Å²) in [5.41, 5.74) is 20.1. The van der Waals surface area contributed by atoms with E-state index in [9.17, 15) is 0 Å². The molecule has 13 rings (SSSR count). The van der Waals surface area contributed by atoms with E-state index >= 15 is 0 Å². The summed E-state index contributed by atoms with van der Waals surface area (Å²) in [7, 11) is 0. The summed E-state index contributed by atoms with van der Waals surface area (Å²) >= 11 is 0. The van der Waals surface area contributed by atoms with Crippen LogP contribution in [0.2, 0.25) is 0 Å². The lowest BCUT2D eigenvalue weighted by Crippen LogP contribution is -2.42. The molecule has 2 nitrogen and oxygen atoms in total. The molecule has 0 bridgehead atoms. The quantitative estimate of drug-likeness (QED) is 0.144. The predicted molar refractivity (Wildman–Crippen MR) is 288 cm³/mol. The first-order valence-corrected chi connectivity index (χ1v) is 24.3. The molecule has 3 aliphatic carbocycles. The summed E-state index contributed by atoms with van der Waals surface area (Å²) in [5, 5.41) is 2.29. The molecular formula is C67H49NO. The molecule has 1 heterocycles. The average molecular weight is 884 g/mol. The van der Waals surface area contributed by atoms with Crippen LogP contribution in [0, 0.1) is 0 Å². The van der Waals surface area contributed by atoms with Crippen LogP contribution < -0.4 is 4.90 Å². The molecule has 0 radical (unpaired) electrons. The van der Waals surface area contributed by atoms with Gasteiger partial charge in [0.2, 0.25) is 0 Å². The van der Waals surface area contributed by atoms with Crippen molar-refractivity contribution >= 4 is 38.8 Å². The molecule has 1 aromatic heterocycles. The molecule has 0 aliphatic heterocycles. The van der Waals surface area contributed by atoms with Crippen molar-refractivity contribution in [2.75, 3.05) is 4.90 Å². The second-order valence-corrected chi connectivity index (χ2v) is 18.6. The van der Waals surface area contributed by atoms with Gasteiger partial charge in [0.05, 0.1) is 17.5 Å². The minimum absolute atomic E-state index is 0.157. The van der Waals surface area contributed by atoms with Gasteiger partial charge in [0.15, 0.2) is 0 Å². The lowest BCUT2D eigenvalue weighted by Gasteiger charge is -2.39. The Morgan fingerprint density at radius 1 is 0.391 bits per heavy atom. The maximum absolute atomic E-state index is 6.47. The lowest BCUT2D eigenvalue weighted by atomic mass is 9.67. The van der Waals surface area contributed by atoms with Gasteiger partial charge in [0, 0.05) is 22.0 Å². The van der Waals surface area contributed by atoms with Crippen LogP contribution in [0.3, 0.4) is 0 Å². The highest BCUT2D eigenvalue weighted by Crippen LogP contribution is 2.57. The van der Waals surface area contributed by atoms with E-state index in [2.05, 4.69) is 260 Å². The fraction of sp³-hybridized carbons (Fsp3) is 0.0746. The topological polar surface area (TPSA) is 16.4 Å². The Hall–Kier alpha value is -8.46. The molecule has 0 fully saturated rings. The van der Waals surface area contributed by atoms with E-state index in [-0.39, 0.29) is 12.1 Å². The first-order valence-electron chi connectivity index (χ1n) is 24.3. The number of furan rings is 1. The van der Waals surface area contributed by atoms with Crippen LogP contribution in [-0.4, -0.2) is 12.1 Å². The fourth-order valence-corrected chi connectivity index (χ4v) is 11.6. The van der Waals surface area contributed by atoms with Crippen LogP contribution in [0.1, 0.15) is 46.2 Å². The van der Waals surface area contributed by atoms with Crippen LogP contribution in [0.25, 0.3) is 66.5 Å². The Kier molecular flexibility index (Phi) is 10.1. The lowest BCUT2D eigenvalue weighted by molar-refractivity contribution is 0.617. The molecule has 0 saturated heterocycles. The number of fused-ring (bicyclic) bond motifs is 6. The molecular weight excluding hydrogens is 835 g/mol. The summed E-state index contributed by atoms with van der Waals surface area (Å²) in [6.45, 7) is 0. The van der Waals surface area contributed by atoms with Gasteiger partial charge < -0.3 is 9.32 Å². The van der Waals surface area contributed by atoms with Crippen molar-refractivity contribution < 1.29 is 4.42 Å². The van der Waals surface area contributed by atoms with Gasteiger partial charge in [0.25, 0.3) is 0 Å². The van der Waals surface area contributed by atoms with Crippen LogP contribution in [0.15, 0.2) is 265 Å². The second kappa shape index (κ2) is 17.0. The van der Waals surface area contributed by atoms with E-state index in [0.29, 0.717) is 0 Å². The van der Waals surface area contributed by atoms with Gasteiger partial charge in [-0.3, -0.25) is 0 Å². The maximum atomic E-state index is 6.47. The Balaban J connectivity index is 0.861. The summed E-state index contributed by atoms with van der Waals surface area (Å²) in [6, 6.07) is 82.4. The first kappa shape index (κ1) is 40.8. The van der Waals surface area contributed by atoms with Gasteiger partial charge in [-0.1, -0.05) is 237 Å². The minimum atomic E-state index is -0.488. The molecule has 328 valence electrons. The van der Waals surface area contributed by atoms with Gasteiger partial charge in [-0.2, -0.15) is 0 Å². The van der Waals surface area contributed by atoms with E-state index in [1.54, 1.807) is 0 Å². The molecule has 3 atom stereocenters. The normalized spacial score (nSPS) is 18.1. The predicted octanol–water partition coefficient (Wildman–Crippen LogP) is 16.9. The zero-order chi connectivity index (χ0) is 45.7. The second-order valence-electron chi connectivity index (χ2n) is 18.6. The number of hydrogen-bond donors (Lipinski definition) is 0. The number of para-hydroxylation sites is 2. The third-order valence-corrected chi connectivity index (χ3v) is 14.9. The van der Waals surface area contributed by atoms with Gasteiger partial charge in [-0.05, 0) is 109 Å². The zero-order valence-electron chi connectivity index (χ0n) is 38.3. The number of rotatable bonds is 9. The summed E-state index contributed by atoms with van der Waals surface area (Å²) in [5.74, 6) is 0. The van der Waals surface area contributed by atoms with Crippen LogP contribution in [-0.2, 0) is 5.41 Å². The van der Waals surface area contributed by atoms with Crippen LogP contribution >= 0.6 is 0 Å². The van der Waals surface area contributed by atoms with E-state index in [1.807, 2.05) is 6.07 Å². The smallest absolute Gasteiger partial charge is 0.143 e. The number of anilines is 1. The Morgan fingerprint density at radius 2 is 0.928 bits per heavy atom. The van der Waals surface area contributed by atoms with Gasteiger partial charge >= 0.3 is 0 Å². The maximum Gasteiger partial charge on any atom is 0.143 e. The third kappa shape index (κ3) is 6.94. The summed E-state index contributed by atoms with van der Waals surface area (Å²) in [4.78, 5) is 2.63. The van der Waals surface area contributed by atoms with Crippen molar-refractivity contribution in [2.45, 2.75) is 30.3 Å². The molecule has 3 unspecified atom stereocenters. The van der Waals surface area contributed by atoms with E-state index < -0.39 is 5.41 Å². The fourth-order valence-electron chi connectivity index (χ4n) is 11.6. The average Bonchev–Trinajstić information content (AvgIpc) is 3.96. The number of benzene rings is 9. The Morgan fingerprint density at radius 3 is 1.64 bits per heavy atom. The largest absolute Gasteiger partial charge is 0.455 e. The van der Waals surface area contributed by atoms with Crippen LogP contribution in [0.5, 0.6) is 0 Å². The molecule has 3 aliphatic rings. The zero-order valence-corrected chi connectivity index (χ0v) is 38.3. The Bertz CT molecular complexity index is 3650. The standard InChI is InChI=1S/C67H49NO/c1-4-15-46(16-5-1)48-27-36-54(37-28-48)67(53-19-8-3-9-20-53)63-25-12-10-21-59(63)60-44-35-52(45-64(60)67)50-31-40-56(41-32-50)68(55-38-29-49(30-39-55)47-17-6-2-7-18-47)57-42-33-51(34-43-57)58-23-14-24-62-61-22-11-13-26-65(61)69-66(58)62/h1-38,40,42-45,55-56H,39,41H2. The van der Waals surface area contributed by atoms with Gasteiger partial charge in [-0.25, -0.2) is 0 Å². The molecule has 0 N–H and O–H groups in total. The van der Waals surface area contributed by atoms with E-state index in [1.165, 1.54) is 72.5 Å². The highest BCUT2D eigenvalue weighted by atomic mass is 16.3. The van der Waals surface area contributed by atoms with E-state index in [0.717, 1.165) is 45.9 Å². The molecule has 0 spiro atoms. The Labute approximate surface area is 404 Å². The van der Waals surface area contributed by atoms with Crippen molar-refractivity contribution in [1.29, 1.82) is 0 Å². The number of allylic oxidation sites excluding steroid dienone is 4. The minimum Gasteiger partial charge on any atom is -0.455 e. The molecule has 0 saturated carbocycles. The monoisotopic (exact) mass is 883 g/mol. The van der Waals surface area contributed by atoms with Gasteiger partial charge in [-0.15, -0.1) is 0 Å². The van der Waals surface area contributed by atoms with Crippen molar-refractivity contribution in [1.82, 2.24) is 0 Å². The summed E-state index contributed by atoms with van der Waals surface area (Å²) in [6.07, 6.45) is 16.2. The molecule has 9 aromatic carbocycles. The SMILES string of the molecule is C1=CC(N(c2ccc(-c3cccc4c3oc3ccccc34)cc2)C2C=CC(c3ccc4c(c3)C(c3ccccc3)(c3ccc(-c5ccccc5)cc3)c3ccccc3-4)=CC2)CC=C1c1ccccc1. The van der Waals surface area contributed by atoms with Gasteiger partial charge in [0.1, 0.15) is 11.2 Å².